The number of carbonyl (C=O) groups is 1. The first-order valence-corrected chi connectivity index (χ1v) is 10.5. The molecule has 1 amide bonds. The standard InChI is InChI=1S/C25H22N6O2/c1-16-21(24(32)28-19-9-6-14-26-15-19)22(17-10-12-20(33-2)13-11-17)31-25(27-16)29-23(30-31)18-7-4-3-5-8-18/h3-15,22H,1-2H3,(H,28,32)(H,27,29,30)/t22-/m1/s1. The lowest BCUT2D eigenvalue weighted by molar-refractivity contribution is -0.113. The van der Waals surface area contributed by atoms with Gasteiger partial charge in [0.05, 0.1) is 24.6 Å². The second kappa shape index (κ2) is 8.58. The Bertz CT molecular complexity index is 1310. The van der Waals surface area contributed by atoms with Crippen LogP contribution in [0.4, 0.5) is 11.6 Å². The average molecular weight is 438 g/mol. The van der Waals surface area contributed by atoms with Gasteiger partial charge in [0, 0.05) is 17.5 Å². The van der Waals surface area contributed by atoms with Gasteiger partial charge in [-0.3, -0.25) is 9.78 Å². The van der Waals surface area contributed by atoms with Crippen molar-refractivity contribution in [3.63, 3.8) is 0 Å². The number of ether oxygens (including phenoxy) is 1. The van der Waals surface area contributed by atoms with Crippen LogP contribution < -0.4 is 15.4 Å². The fourth-order valence-corrected chi connectivity index (χ4v) is 3.88. The number of anilines is 2. The summed E-state index contributed by atoms with van der Waals surface area (Å²) in [6, 6.07) is 20.5. The minimum atomic E-state index is -0.478. The molecular weight excluding hydrogens is 416 g/mol. The van der Waals surface area contributed by atoms with Gasteiger partial charge in [-0.2, -0.15) is 4.98 Å². The number of allylic oxidation sites excluding steroid dienone is 1. The molecule has 0 unspecified atom stereocenters. The van der Waals surface area contributed by atoms with Crippen LogP contribution in [-0.2, 0) is 4.79 Å². The molecule has 0 spiro atoms. The minimum absolute atomic E-state index is 0.240. The van der Waals surface area contributed by atoms with Crippen LogP contribution in [0.5, 0.6) is 5.75 Å². The van der Waals surface area contributed by atoms with E-state index in [-0.39, 0.29) is 5.91 Å². The van der Waals surface area contributed by atoms with E-state index in [0.29, 0.717) is 28.7 Å². The molecule has 0 aliphatic carbocycles. The summed E-state index contributed by atoms with van der Waals surface area (Å²) in [6.45, 7) is 1.87. The van der Waals surface area contributed by atoms with Gasteiger partial charge < -0.3 is 15.4 Å². The number of fused-ring (bicyclic) bond motifs is 1. The third-order valence-corrected chi connectivity index (χ3v) is 5.48. The van der Waals surface area contributed by atoms with Crippen molar-refractivity contribution >= 4 is 17.5 Å². The topological polar surface area (TPSA) is 94.0 Å². The fourth-order valence-electron chi connectivity index (χ4n) is 3.88. The zero-order chi connectivity index (χ0) is 22.8. The van der Waals surface area contributed by atoms with Crippen molar-refractivity contribution in [1.29, 1.82) is 0 Å². The SMILES string of the molecule is COc1ccc([C@@H]2C(C(=O)Nc3cccnc3)=C(C)Nc3nc(-c4ccccc4)nn32)cc1. The first-order chi connectivity index (χ1) is 16.1. The highest BCUT2D eigenvalue weighted by Crippen LogP contribution is 2.37. The summed E-state index contributed by atoms with van der Waals surface area (Å²) >= 11 is 0. The van der Waals surface area contributed by atoms with Gasteiger partial charge in [0.25, 0.3) is 5.91 Å². The molecule has 1 aliphatic heterocycles. The summed E-state index contributed by atoms with van der Waals surface area (Å²) in [5, 5.41) is 11.0. The number of carbonyl (C=O) groups excluding carboxylic acids is 1. The molecule has 164 valence electrons. The molecule has 2 aromatic heterocycles. The van der Waals surface area contributed by atoms with Crippen LogP contribution in [0.25, 0.3) is 11.4 Å². The van der Waals surface area contributed by atoms with Crippen LogP contribution in [0.15, 0.2) is 90.4 Å². The van der Waals surface area contributed by atoms with Crippen LogP contribution >= 0.6 is 0 Å². The van der Waals surface area contributed by atoms with Crippen LogP contribution in [0.1, 0.15) is 18.5 Å². The highest BCUT2D eigenvalue weighted by atomic mass is 16.5. The summed E-state index contributed by atoms with van der Waals surface area (Å²) in [7, 11) is 1.62. The Labute approximate surface area is 191 Å². The molecule has 0 saturated carbocycles. The van der Waals surface area contributed by atoms with E-state index in [9.17, 15) is 4.79 Å². The molecule has 0 bridgehead atoms. The van der Waals surface area contributed by atoms with Crippen molar-refractivity contribution in [2.75, 3.05) is 17.7 Å². The number of hydrogen-bond donors (Lipinski definition) is 2. The van der Waals surface area contributed by atoms with E-state index in [0.717, 1.165) is 16.9 Å². The maximum Gasteiger partial charge on any atom is 0.255 e. The highest BCUT2D eigenvalue weighted by Gasteiger charge is 2.34. The maximum absolute atomic E-state index is 13.4. The van der Waals surface area contributed by atoms with Crippen LogP contribution in [0.3, 0.4) is 0 Å². The number of benzene rings is 2. The van der Waals surface area contributed by atoms with Gasteiger partial charge in [-0.1, -0.05) is 42.5 Å². The third-order valence-electron chi connectivity index (χ3n) is 5.48. The Balaban J connectivity index is 1.60. The Morgan fingerprint density at radius 2 is 1.85 bits per heavy atom. The largest absolute Gasteiger partial charge is 0.497 e. The van der Waals surface area contributed by atoms with Crippen molar-refractivity contribution in [3.05, 3.63) is 96.0 Å². The van der Waals surface area contributed by atoms with Crippen molar-refractivity contribution in [2.45, 2.75) is 13.0 Å². The number of hydrogen-bond acceptors (Lipinski definition) is 6. The molecule has 0 saturated heterocycles. The van der Waals surface area contributed by atoms with Crippen LogP contribution in [-0.4, -0.2) is 32.8 Å². The van der Waals surface area contributed by atoms with Crippen LogP contribution in [0, 0.1) is 0 Å². The average Bonchev–Trinajstić information content (AvgIpc) is 3.28. The molecule has 3 heterocycles. The third kappa shape index (κ3) is 3.94. The summed E-state index contributed by atoms with van der Waals surface area (Å²) in [6.07, 6.45) is 3.27. The second-order valence-corrected chi connectivity index (χ2v) is 7.60. The van der Waals surface area contributed by atoms with E-state index in [1.54, 1.807) is 36.3 Å². The number of rotatable bonds is 5. The number of nitrogens with one attached hydrogen (secondary N) is 2. The molecule has 4 aromatic rings. The fraction of sp³-hybridized carbons (Fsp3) is 0.120. The molecule has 0 radical (unpaired) electrons. The summed E-state index contributed by atoms with van der Waals surface area (Å²) in [5.74, 6) is 1.65. The maximum atomic E-state index is 13.4. The number of methoxy groups -OCH3 is 1. The zero-order valence-corrected chi connectivity index (χ0v) is 18.2. The quantitative estimate of drug-likeness (QED) is 0.483. The molecule has 33 heavy (non-hydrogen) atoms. The predicted octanol–water partition coefficient (Wildman–Crippen LogP) is 4.28. The smallest absolute Gasteiger partial charge is 0.255 e. The van der Waals surface area contributed by atoms with E-state index in [4.69, 9.17) is 14.8 Å². The monoisotopic (exact) mass is 438 g/mol. The molecule has 8 heteroatoms. The predicted molar refractivity (Wildman–Crippen MR) is 126 cm³/mol. The van der Waals surface area contributed by atoms with Gasteiger partial charge in [-0.15, -0.1) is 5.10 Å². The highest BCUT2D eigenvalue weighted by molar-refractivity contribution is 6.05. The molecule has 5 rings (SSSR count). The second-order valence-electron chi connectivity index (χ2n) is 7.60. The van der Waals surface area contributed by atoms with Gasteiger partial charge in [-0.05, 0) is 36.8 Å². The summed E-state index contributed by atoms with van der Waals surface area (Å²) in [5.41, 5.74) is 3.65. The van der Waals surface area contributed by atoms with E-state index in [1.165, 1.54) is 0 Å². The van der Waals surface area contributed by atoms with Crippen LogP contribution in [0.2, 0.25) is 0 Å². The van der Waals surface area contributed by atoms with E-state index in [2.05, 4.69) is 15.6 Å². The van der Waals surface area contributed by atoms with Gasteiger partial charge in [0.2, 0.25) is 5.95 Å². The lowest BCUT2D eigenvalue weighted by atomic mass is 9.95. The molecule has 0 fully saturated rings. The molecular formula is C25H22N6O2. The van der Waals surface area contributed by atoms with E-state index < -0.39 is 6.04 Å². The number of pyridine rings is 1. The molecule has 2 aromatic carbocycles. The molecule has 8 nitrogen and oxygen atoms in total. The van der Waals surface area contributed by atoms with Gasteiger partial charge in [0.15, 0.2) is 5.82 Å². The number of aromatic nitrogens is 4. The van der Waals surface area contributed by atoms with Crippen molar-refractivity contribution in [2.24, 2.45) is 0 Å². The van der Waals surface area contributed by atoms with Gasteiger partial charge in [-0.25, -0.2) is 4.68 Å². The Kier molecular flexibility index (Phi) is 5.32. The van der Waals surface area contributed by atoms with Crippen molar-refractivity contribution in [1.82, 2.24) is 19.7 Å². The normalized spacial score (nSPS) is 14.9. The Morgan fingerprint density at radius 1 is 1.06 bits per heavy atom. The lowest BCUT2D eigenvalue weighted by Crippen LogP contribution is -2.31. The minimum Gasteiger partial charge on any atom is -0.497 e. The summed E-state index contributed by atoms with van der Waals surface area (Å²) < 4.78 is 7.08. The molecule has 1 aliphatic rings. The molecule has 1 atom stereocenters. The van der Waals surface area contributed by atoms with Crippen molar-refractivity contribution < 1.29 is 9.53 Å². The Morgan fingerprint density at radius 3 is 2.55 bits per heavy atom. The number of amides is 1. The molecule has 2 N–H and O–H groups in total. The van der Waals surface area contributed by atoms with Gasteiger partial charge >= 0.3 is 0 Å². The van der Waals surface area contributed by atoms with Crippen molar-refractivity contribution in [3.8, 4) is 17.1 Å². The van der Waals surface area contributed by atoms with Gasteiger partial charge in [0.1, 0.15) is 11.8 Å². The Hall–Kier alpha value is -4.46. The number of nitrogens with zero attached hydrogens (tertiary/aromatic N) is 4. The van der Waals surface area contributed by atoms with E-state index in [1.807, 2.05) is 61.5 Å². The zero-order valence-electron chi connectivity index (χ0n) is 18.2. The first kappa shape index (κ1) is 20.4. The lowest BCUT2D eigenvalue weighted by Gasteiger charge is -2.28. The summed E-state index contributed by atoms with van der Waals surface area (Å²) in [4.78, 5) is 22.2. The first-order valence-electron chi connectivity index (χ1n) is 10.5. The van der Waals surface area contributed by atoms with E-state index >= 15 is 0 Å².